The minimum absolute atomic E-state index is 0. The first-order chi connectivity index (χ1) is 12.1. The van der Waals surface area contributed by atoms with E-state index < -0.39 is 5.60 Å². The molecule has 0 amide bonds. The van der Waals surface area contributed by atoms with Gasteiger partial charge in [0.25, 0.3) is 0 Å². The Kier molecular flexibility index (Phi) is 3.65. The van der Waals surface area contributed by atoms with Crippen molar-refractivity contribution in [2.24, 2.45) is 0 Å². The molecule has 4 aromatic rings. The van der Waals surface area contributed by atoms with Crippen molar-refractivity contribution < 1.29 is 26.9 Å². The molecule has 0 bridgehead atoms. The smallest absolute Gasteiger partial charge is 0.248 e. The Bertz CT molecular complexity index is 1180. The number of H-pyrrole nitrogens is 1. The molecule has 0 fully saturated rings. The topological polar surface area (TPSA) is 57.0 Å². The molecule has 0 saturated heterocycles. The number of aromatic amines is 1. The number of hydrogen-bond acceptors (Lipinski definition) is 2. The Morgan fingerprint density at radius 3 is 2.62 bits per heavy atom. The zero-order chi connectivity index (χ0) is 17.2. The molecule has 1 atom stereocenters. The van der Waals surface area contributed by atoms with Gasteiger partial charge in [-0.05, 0) is 19.1 Å². The average molecular weight is 365 g/mol. The maximum atomic E-state index is 12.0. The molecule has 130 valence electrons. The van der Waals surface area contributed by atoms with Crippen molar-refractivity contribution in [2.45, 2.75) is 18.9 Å². The molecular weight excluding hydrogens is 348 g/mol. The van der Waals surface area contributed by atoms with Gasteiger partial charge in [0.1, 0.15) is 11.3 Å². The van der Waals surface area contributed by atoms with E-state index in [1.54, 1.807) is 0 Å². The van der Waals surface area contributed by atoms with Crippen LogP contribution in [0.2, 0.25) is 0 Å². The quantitative estimate of drug-likeness (QED) is 0.497. The van der Waals surface area contributed by atoms with Crippen LogP contribution in [-0.2, 0) is 10.4 Å². The summed E-state index contributed by atoms with van der Waals surface area (Å²) in [7, 11) is 0. The molecule has 4 nitrogen and oxygen atoms in total. The summed E-state index contributed by atoms with van der Waals surface area (Å²) in [4.78, 5) is 15.4. The molecule has 1 aliphatic heterocycles. The molecule has 0 unspecified atom stereocenters. The zero-order valence-electron chi connectivity index (χ0n) is 14.2. The van der Waals surface area contributed by atoms with Gasteiger partial charge in [-0.15, -0.1) is 0 Å². The highest BCUT2D eigenvalue weighted by atomic mass is 35.5. The van der Waals surface area contributed by atoms with E-state index in [9.17, 15) is 9.90 Å². The first-order valence-electron chi connectivity index (χ1n) is 8.37. The van der Waals surface area contributed by atoms with E-state index in [4.69, 9.17) is 0 Å². The highest BCUT2D eigenvalue weighted by Gasteiger charge is 2.51. The molecule has 5 heteroatoms. The van der Waals surface area contributed by atoms with Crippen LogP contribution in [-0.4, -0.2) is 15.9 Å². The highest BCUT2D eigenvalue weighted by molar-refractivity contribution is 6.08. The van der Waals surface area contributed by atoms with Crippen LogP contribution in [0.5, 0.6) is 0 Å². The van der Waals surface area contributed by atoms with E-state index in [1.165, 1.54) is 6.92 Å². The van der Waals surface area contributed by atoms with Gasteiger partial charge in [-0.1, -0.05) is 30.3 Å². The van der Waals surface area contributed by atoms with Gasteiger partial charge in [0, 0.05) is 34.8 Å². The van der Waals surface area contributed by atoms with Crippen LogP contribution in [0, 0.1) is 0 Å². The number of aliphatic hydroxyl groups is 1. The van der Waals surface area contributed by atoms with Crippen molar-refractivity contribution in [1.82, 2.24) is 4.98 Å². The molecule has 0 spiro atoms. The van der Waals surface area contributed by atoms with Crippen LogP contribution < -0.4 is 17.0 Å². The maximum absolute atomic E-state index is 12.0. The van der Waals surface area contributed by atoms with Crippen molar-refractivity contribution >= 4 is 27.6 Å². The molecular formula is C21H17ClN2O2. The van der Waals surface area contributed by atoms with Gasteiger partial charge in [0.05, 0.1) is 5.56 Å². The summed E-state index contributed by atoms with van der Waals surface area (Å²) in [5, 5.41) is 13.8. The summed E-state index contributed by atoms with van der Waals surface area (Å²) < 4.78 is 2.00. The van der Waals surface area contributed by atoms with Crippen LogP contribution in [0.15, 0.2) is 60.8 Å². The predicted octanol–water partition coefficient (Wildman–Crippen LogP) is 0.130. The largest absolute Gasteiger partial charge is 1.00 e. The van der Waals surface area contributed by atoms with Gasteiger partial charge in [-0.3, -0.25) is 4.79 Å². The second-order valence-corrected chi connectivity index (χ2v) is 6.75. The minimum Gasteiger partial charge on any atom is -1.00 e. The Hall–Kier alpha value is -2.69. The van der Waals surface area contributed by atoms with E-state index in [0.717, 1.165) is 38.8 Å². The van der Waals surface area contributed by atoms with Gasteiger partial charge in [0.2, 0.25) is 11.4 Å². The fourth-order valence-electron chi connectivity index (χ4n) is 4.17. The van der Waals surface area contributed by atoms with Crippen molar-refractivity contribution in [2.75, 3.05) is 0 Å². The third kappa shape index (κ3) is 2.06. The molecule has 2 N–H and O–H groups in total. The first kappa shape index (κ1) is 16.8. The number of Topliss-reactive ketones (excluding diaryl/α,β-unsaturated/α-hetero) is 1. The maximum Gasteiger partial charge on any atom is 0.248 e. The average Bonchev–Trinajstić information content (AvgIpc) is 3.09. The second-order valence-electron chi connectivity index (χ2n) is 6.75. The number of ketones is 1. The monoisotopic (exact) mass is 364 g/mol. The van der Waals surface area contributed by atoms with E-state index >= 15 is 0 Å². The van der Waals surface area contributed by atoms with Gasteiger partial charge in [-0.2, -0.15) is 4.57 Å². The zero-order valence-corrected chi connectivity index (χ0v) is 14.9. The summed E-state index contributed by atoms with van der Waals surface area (Å²) in [5.41, 5.74) is 3.00. The molecule has 26 heavy (non-hydrogen) atoms. The third-order valence-electron chi connectivity index (χ3n) is 5.12. The van der Waals surface area contributed by atoms with Crippen LogP contribution in [0.4, 0.5) is 0 Å². The summed E-state index contributed by atoms with van der Waals surface area (Å²) in [5.74, 6) is -0.0427. The van der Waals surface area contributed by atoms with Crippen molar-refractivity contribution in [1.29, 1.82) is 0 Å². The van der Waals surface area contributed by atoms with E-state index in [-0.39, 0.29) is 24.6 Å². The first-order valence-corrected chi connectivity index (χ1v) is 8.37. The SMILES string of the molecule is CC(=O)C[C@]1(O)c2ccccc2-[n+]2ccc3c([nH]c4ccccc43)c21.[Cl-]. The number of halogens is 1. The van der Waals surface area contributed by atoms with Crippen molar-refractivity contribution in [3.05, 3.63) is 72.1 Å². The second kappa shape index (κ2) is 5.66. The molecule has 1 aliphatic rings. The predicted molar refractivity (Wildman–Crippen MR) is 95.6 cm³/mol. The fraction of sp³-hybridized carbons (Fsp3) is 0.143. The fourth-order valence-corrected chi connectivity index (χ4v) is 4.17. The number of carbonyl (C=O) groups is 1. The lowest BCUT2D eigenvalue weighted by molar-refractivity contribution is -0.600. The summed E-state index contributed by atoms with van der Waals surface area (Å²) in [6, 6.07) is 17.9. The van der Waals surface area contributed by atoms with Crippen molar-refractivity contribution in [3.63, 3.8) is 0 Å². The molecule has 2 aromatic heterocycles. The van der Waals surface area contributed by atoms with Crippen LogP contribution in [0.25, 0.3) is 27.5 Å². The molecule has 3 heterocycles. The lowest BCUT2D eigenvalue weighted by Gasteiger charge is -2.18. The van der Waals surface area contributed by atoms with Crippen molar-refractivity contribution in [3.8, 4) is 5.69 Å². The van der Waals surface area contributed by atoms with Gasteiger partial charge in [0.15, 0.2) is 11.8 Å². The van der Waals surface area contributed by atoms with Gasteiger partial charge < -0.3 is 22.5 Å². The van der Waals surface area contributed by atoms with Crippen LogP contribution in [0.3, 0.4) is 0 Å². The number of benzene rings is 2. The normalized spacial score (nSPS) is 17.8. The summed E-state index contributed by atoms with van der Waals surface area (Å²) >= 11 is 0. The van der Waals surface area contributed by atoms with Gasteiger partial charge in [-0.25, -0.2) is 0 Å². The van der Waals surface area contributed by atoms with Gasteiger partial charge >= 0.3 is 0 Å². The molecule has 0 aliphatic carbocycles. The minimum atomic E-state index is -1.33. The Labute approximate surface area is 156 Å². The molecule has 0 saturated carbocycles. The van der Waals surface area contributed by atoms with E-state index in [1.807, 2.05) is 53.2 Å². The van der Waals surface area contributed by atoms with E-state index in [0.29, 0.717) is 0 Å². The van der Waals surface area contributed by atoms with Crippen LogP contribution in [0.1, 0.15) is 24.6 Å². The highest BCUT2D eigenvalue weighted by Crippen LogP contribution is 2.42. The standard InChI is InChI=1S/C21H16N2O2.ClH/c1-13(24)12-21(25)16-7-3-5-9-18(16)23-11-10-15-14-6-2-4-8-17(14)22-19(15)20(21)23;/h2-11,25H,12H2,1H3;1H/t21-;/m0./s1. The Morgan fingerprint density at radius 2 is 1.81 bits per heavy atom. The number of para-hydroxylation sites is 2. The van der Waals surface area contributed by atoms with Crippen LogP contribution >= 0.6 is 0 Å². The summed E-state index contributed by atoms with van der Waals surface area (Å²) in [6.45, 7) is 1.52. The Morgan fingerprint density at radius 1 is 1.08 bits per heavy atom. The third-order valence-corrected chi connectivity index (χ3v) is 5.12. The lowest BCUT2D eigenvalue weighted by Crippen LogP contribution is -3.00. The number of nitrogens with one attached hydrogen (secondary N) is 1. The number of rotatable bonds is 2. The number of hydrogen-bond donors (Lipinski definition) is 2. The van der Waals surface area contributed by atoms with E-state index in [2.05, 4.69) is 17.1 Å². The molecule has 2 aromatic carbocycles. The summed E-state index contributed by atoms with van der Waals surface area (Å²) in [6.07, 6.45) is 2.04. The Balaban J connectivity index is 0.00000168. The molecule has 5 rings (SSSR count). The number of fused-ring (bicyclic) bond motifs is 7. The lowest BCUT2D eigenvalue weighted by atomic mass is 9.87. The number of pyridine rings is 1. The number of nitrogens with zero attached hydrogens (tertiary/aromatic N) is 1. The molecule has 0 radical (unpaired) electrons. The number of carbonyl (C=O) groups excluding carboxylic acids is 1. The number of aromatic nitrogens is 2.